The lowest BCUT2D eigenvalue weighted by atomic mass is 9.91. The van der Waals surface area contributed by atoms with E-state index in [9.17, 15) is 23.1 Å². The number of nitrogens with one attached hydrogen (secondary N) is 1. The van der Waals surface area contributed by atoms with Gasteiger partial charge in [-0.2, -0.15) is 4.31 Å². The van der Waals surface area contributed by atoms with Crippen molar-refractivity contribution in [2.24, 2.45) is 0 Å². The molecule has 9 nitrogen and oxygen atoms in total. The molecule has 4 aromatic carbocycles. The molecule has 0 saturated carbocycles. The molecule has 0 radical (unpaired) electrons. The first-order chi connectivity index (χ1) is 22.1. The van der Waals surface area contributed by atoms with Gasteiger partial charge in [0.05, 0.1) is 18.6 Å². The number of alkyl carbamates (subject to hydrolysis) is 1. The molecule has 1 aliphatic carbocycles. The molecule has 0 spiro atoms. The number of aliphatic hydroxyl groups is 1. The van der Waals surface area contributed by atoms with Gasteiger partial charge in [-0.25, -0.2) is 18.0 Å². The number of esters is 1. The number of fused-ring (bicyclic) bond motifs is 4. The minimum Gasteiger partial charge on any atom is -0.467 e. The second kappa shape index (κ2) is 12.7. The van der Waals surface area contributed by atoms with Gasteiger partial charge in [-0.15, -0.1) is 0 Å². The zero-order chi connectivity index (χ0) is 32.6. The van der Waals surface area contributed by atoms with Crippen LogP contribution < -0.4 is 5.32 Å². The highest BCUT2D eigenvalue weighted by atomic mass is 32.2. The largest absolute Gasteiger partial charge is 0.467 e. The first-order valence-electron chi connectivity index (χ1n) is 15.1. The van der Waals surface area contributed by atoms with Crippen LogP contribution in [0.3, 0.4) is 0 Å². The van der Waals surface area contributed by atoms with Crippen molar-refractivity contribution >= 4 is 22.1 Å². The molecule has 1 amide bonds. The molecule has 1 heterocycles. The molecule has 2 aliphatic rings. The van der Waals surface area contributed by atoms with Gasteiger partial charge in [0.1, 0.15) is 12.6 Å². The molecule has 1 atom stereocenters. The number of methoxy groups -OCH3 is 1. The first-order valence-corrected chi connectivity index (χ1v) is 16.6. The van der Waals surface area contributed by atoms with Crippen molar-refractivity contribution < 1.29 is 32.6 Å². The van der Waals surface area contributed by atoms with Gasteiger partial charge in [0.25, 0.3) is 0 Å². The van der Waals surface area contributed by atoms with E-state index >= 15 is 0 Å². The number of ether oxygens (including phenoxy) is 2. The fourth-order valence-electron chi connectivity index (χ4n) is 6.56. The SMILES string of the molecule is COC(=O)C(Cc1cc(CO)c2c(c1C)CN(S(=O)(=O)c1ccc(C)cc1)C2)NC(=O)OCC1c2ccccc2-c2ccccc21. The summed E-state index contributed by atoms with van der Waals surface area (Å²) in [4.78, 5) is 26.2. The average Bonchev–Trinajstić information content (AvgIpc) is 3.66. The van der Waals surface area contributed by atoms with Crippen LogP contribution in [0.1, 0.15) is 50.4 Å². The van der Waals surface area contributed by atoms with E-state index in [1.54, 1.807) is 30.3 Å². The van der Waals surface area contributed by atoms with Crippen molar-refractivity contribution in [3.63, 3.8) is 0 Å². The third-order valence-corrected chi connectivity index (χ3v) is 10.9. The van der Waals surface area contributed by atoms with Crippen LogP contribution in [-0.2, 0) is 50.4 Å². The Morgan fingerprint density at radius 2 is 1.52 bits per heavy atom. The van der Waals surface area contributed by atoms with Crippen LogP contribution in [0.15, 0.2) is 83.8 Å². The number of sulfonamides is 1. The van der Waals surface area contributed by atoms with Crippen molar-refractivity contribution in [2.75, 3.05) is 13.7 Å². The van der Waals surface area contributed by atoms with E-state index < -0.39 is 28.1 Å². The normalized spacial score (nSPS) is 14.7. The molecule has 6 rings (SSSR count). The summed E-state index contributed by atoms with van der Waals surface area (Å²) in [5, 5.41) is 12.9. The Kier molecular flexibility index (Phi) is 8.69. The van der Waals surface area contributed by atoms with E-state index in [0.29, 0.717) is 11.1 Å². The number of nitrogens with zero attached hydrogens (tertiary/aromatic N) is 1. The summed E-state index contributed by atoms with van der Waals surface area (Å²) >= 11 is 0. The molecular weight excluding hydrogens is 604 g/mol. The Hall–Kier alpha value is -4.51. The zero-order valence-electron chi connectivity index (χ0n) is 25.9. The van der Waals surface area contributed by atoms with Crippen LogP contribution in [0.2, 0.25) is 0 Å². The van der Waals surface area contributed by atoms with Gasteiger partial charge in [-0.3, -0.25) is 0 Å². The van der Waals surface area contributed by atoms with Crippen LogP contribution in [0.25, 0.3) is 11.1 Å². The quantitative estimate of drug-likeness (QED) is 0.244. The molecule has 1 unspecified atom stereocenters. The standard InChI is InChI=1S/C36H36N2O7S/c1-22-12-14-26(15-13-22)46(42,43)38-18-31-23(2)24(16-25(20-39)32(31)19-38)17-34(35(40)44-3)37-36(41)45-21-33-29-10-6-4-8-27(29)28-9-5-7-11-30(28)33/h4-16,33-34,39H,17-21H2,1-3H3,(H,37,41). The van der Waals surface area contributed by atoms with Gasteiger partial charge < -0.3 is 19.9 Å². The molecule has 0 bridgehead atoms. The van der Waals surface area contributed by atoms with E-state index in [1.165, 1.54) is 11.4 Å². The molecule has 10 heteroatoms. The van der Waals surface area contributed by atoms with Crippen molar-refractivity contribution in [3.05, 3.63) is 123 Å². The second-order valence-electron chi connectivity index (χ2n) is 11.8. The van der Waals surface area contributed by atoms with E-state index in [-0.39, 0.29) is 43.5 Å². The number of aliphatic hydroxyl groups excluding tert-OH is 1. The molecule has 1 aliphatic heterocycles. The third kappa shape index (κ3) is 5.79. The average molecular weight is 641 g/mol. The number of benzene rings is 4. The molecule has 2 N–H and O–H groups in total. The lowest BCUT2D eigenvalue weighted by molar-refractivity contribution is -0.143. The minimum absolute atomic E-state index is 0.0632. The molecule has 46 heavy (non-hydrogen) atoms. The number of hydrogen-bond donors (Lipinski definition) is 2. The van der Waals surface area contributed by atoms with E-state index in [4.69, 9.17) is 9.47 Å². The van der Waals surface area contributed by atoms with Crippen molar-refractivity contribution in [2.45, 2.75) is 56.8 Å². The van der Waals surface area contributed by atoms with Gasteiger partial charge in [0, 0.05) is 25.4 Å². The Morgan fingerprint density at radius 1 is 0.913 bits per heavy atom. The summed E-state index contributed by atoms with van der Waals surface area (Å²) in [6, 6.07) is 23.5. The van der Waals surface area contributed by atoms with E-state index in [2.05, 4.69) is 17.4 Å². The fraction of sp³-hybridized carbons (Fsp3) is 0.278. The van der Waals surface area contributed by atoms with E-state index in [0.717, 1.165) is 44.5 Å². The lowest BCUT2D eigenvalue weighted by Gasteiger charge is -2.21. The van der Waals surface area contributed by atoms with Crippen LogP contribution in [0.5, 0.6) is 0 Å². The van der Waals surface area contributed by atoms with Crippen molar-refractivity contribution in [1.82, 2.24) is 9.62 Å². The Balaban J connectivity index is 1.19. The van der Waals surface area contributed by atoms with E-state index in [1.807, 2.05) is 50.2 Å². The van der Waals surface area contributed by atoms with Gasteiger partial charge >= 0.3 is 12.1 Å². The Morgan fingerprint density at radius 3 is 2.13 bits per heavy atom. The van der Waals surface area contributed by atoms with Crippen LogP contribution in [0, 0.1) is 13.8 Å². The van der Waals surface area contributed by atoms with Crippen molar-refractivity contribution in [1.29, 1.82) is 0 Å². The zero-order valence-corrected chi connectivity index (χ0v) is 26.8. The number of carbonyl (C=O) groups is 2. The first kappa shape index (κ1) is 31.5. The third-order valence-electron chi connectivity index (χ3n) is 9.08. The fourth-order valence-corrected chi connectivity index (χ4v) is 7.94. The minimum atomic E-state index is -3.78. The van der Waals surface area contributed by atoms with Gasteiger partial charge in [-0.1, -0.05) is 72.3 Å². The smallest absolute Gasteiger partial charge is 0.407 e. The maximum atomic E-state index is 13.5. The molecule has 0 fully saturated rings. The highest BCUT2D eigenvalue weighted by Crippen LogP contribution is 2.44. The van der Waals surface area contributed by atoms with Crippen molar-refractivity contribution in [3.8, 4) is 11.1 Å². The maximum Gasteiger partial charge on any atom is 0.407 e. The van der Waals surface area contributed by atoms with Gasteiger partial charge in [-0.05, 0) is 76.1 Å². The Bertz CT molecular complexity index is 1880. The highest BCUT2D eigenvalue weighted by Gasteiger charge is 2.35. The summed E-state index contributed by atoms with van der Waals surface area (Å²) in [6.45, 7) is 3.79. The number of aryl methyl sites for hydroxylation is 1. The summed E-state index contributed by atoms with van der Waals surface area (Å²) in [5.74, 6) is -0.789. The topological polar surface area (TPSA) is 122 Å². The summed E-state index contributed by atoms with van der Waals surface area (Å²) in [5.41, 5.74) is 8.90. The highest BCUT2D eigenvalue weighted by molar-refractivity contribution is 7.89. The molecular formula is C36H36N2O7S. The maximum absolute atomic E-state index is 13.5. The second-order valence-corrected chi connectivity index (χ2v) is 13.7. The van der Waals surface area contributed by atoms with Crippen LogP contribution in [0.4, 0.5) is 4.79 Å². The number of hydrogen-bond acceptors (Lipinski definition) is 7. The van der Waals surface area contributed by atoms with Crippen LogP contribution in [-0.4, -0.2) is 49.7 Å². The van der Waals surface area contributed by atoms with Gasteiger partial charge in [0.15, 0.2) is 0 Å². The summed E-state index contributed by atoms with van der Waals surface area (Å²) in [7, 11) is -2.53. The number of rotatable bonds is 9. The molecule has 0 aromatic heterocycles. The molecule has 0 saturated heterocycles. The Labute approximate surface area is 268 Å². The number of amides is 1. The lowest BCUT2D eigenvalue weighted by Crippen LogP contribution is -2.43. The van der Waals surface area contributed by atoms with Gasteiger partial charge in [0.2, 0.25) is 10.0 Å². The predicted octanol–water partition coefficient (Wildman–Crippen LogP) is 5.12. The molecule has 238 valence electrons. The number of carbonyl (C=O) groups excluding carboxylic acids is 2. The molecule has 4 aromatic rings. The summed E-state index contributed by atoms with van der Waals surface area (Å²) in [6.07, 6.45) is -0.693. The monoisotopic (exact) mass is 640 g/mol. The van der Waals surface area contributed by atoms with Crippen LogP contribution >= 0.6 is 0 Å². The predicted molar refractivity (Wildman–Crippen MR) is 172 cm³/mol. The summed E-state index contributed by atoms with van der Waals surface area (Å²) < 4.78 is 39.0.